The van der Waals surface area contributed by atoms with E-state index in [1.54, 1.807) is 37.4 Å². The fourth-order valence-corrected chi connectivity index (χ4v) is 1.38. The number of carbonyl (C=O) groups is 2. The van der Waals surface area contributed by atoms with E-state index in [1.807, 2.05) is 0 Å². The lowest BCUT2D eigenvalue weighted by molar-refractivity contribution is -0.122. The highest BCUT2D eigenvalue weighted by atomic mass is 16.5. The van der Waals surface area contributed by atoms with Crippen molar-refractivity contribution in [2.24, 2.45) is 0 Å². The molecular weight excluding hydrogens is 258 g/mol. The number of nitrogens with one attached hydrogen (secondary N) is 3. The van der Waals surface area contributed by atoms with Crippen LogP contribution in [0.4, 0.5) is 5.69 Å². The molecule has 1 aromatic carbocycles. The molecule has 0 saturated carbocycles. The summed E-state index contributed by atoms with van der Waals surface area (Å²) in [5.74, 6) is 0.147. The van der Waals surface area contributed by atoms with Crippen LogP contribution in [-0.4, -0.2) is 38.6 Å². The first-order valence-electron chi connectivity index (χ1n) is 6.20. The van der Waals surface area contributed by atoms with Crippen LogP contribution in [-0.2, 0) is 9.59 Å². The zero-order chi connectivity index (χ0) is 14.8. The number of amides is 2. The van der Waals surface area contributed by atoms with Gasteiger partial charge in [0, 0.05) is 25.3 Å². The maximum absolute atomic E-state index is 11.6. The Hall–Kier alpha value is -2.34. The minimum Gasteiger partial charge on any atom is -0.484 e. The van der Waals surface area contributed by atoms with Crippen molar-refractivity contribution < 1.29 is 14.3 Å². The Labute approximate surface area is 118 Å². The third-order valence-corrected chi connectivity index (χ3v) is 2.34. The van der Waals surface area contributed by atoms with E-state index in [-0.39, 0.29) is 25.0 Å². The molecule has 0 heterocycles. The van der Waals surface area contributed by atoms with Crippen molar-refractivity contribution in [2.45, 2.75) is 0 Å². The van der Waals surface area contributed by atoms with Crippen molar-refractivity contribution in [1.29, 1.82) is 0 Å². The van der Waals surface area contributed by atoms with Gasteiger partial charge in [0.2, 0.25) is 5.91 Å². The Bertz CT molecular complexity index is 474. The minimum atomic E-state index is -0.215. The lowest BCUT2D eigenvalue weighted by Crippen LogP contribution is -2.28. The monoisotopic (exact) mass is 277 g/mol. The second-order valence-corrected chi connectivity index (χ2v) is 3.96. The van der Waals surface area contributed by atoms with Crippen molar-refractivity contribution in [3.8, 4) is 5.75 Å². The summed E-state index contributed by atoms with van der Waals surface area (Å²) in [4.78, 5) is 22.7. The summed E-state index contributed by atoms with van der Waals surface area (Å²) in [5, 5.41) is 8.09. The zero-order valence-corrected chi connectivity index (χ0v) is 11.4. The largest absolute Gasteiger partial charge is 0.484 e. The lowest BCUT2D eigenvalue weighted by atomic mass is 10.3. The van der Waals surface area contributed by atoms with Gasteiger partial charge in [-0.3, -0.25) is 9.59 Å². The van der Waals surface area contributed by atoms with Crippen LogP contribution in [0.3, 0.4) is 0 Å². The third-order valence-electron chi connectivity index (χ3n) is 2.34. The van der Waals surface area contributed by atoms with Gasteiger partial charge in [0.1, 0.15) is 5.75 Å². The van der Waals surface area contributed by atoms with Gasteiger partial charge >= 0.3 is 0 Å². The predicted molar refractivity (Wildman–Crippen MR) is 77.7 cm³/mol. The second-order valence-electron chi connectivity index (χ2n) is 3.96. The van der Waals surface area contributed by atoms with Crippen LogP contribution in [0.15, 0.2) is 36.9 Å². The number of carbonyl (C=O) groups excluding carboxylic acids is 2. The number of benzene rings is 1. The fourth-order valence-electron chi connectivity index (χ4n) is 1.38. The van der Waals surface area contributed by atoms with Gasteiger partial charge in [0.25, 0.3) is 5.91 Å². The van der Waals surface area contributed by atoms with E-state index in [0.29, 0.717) is 18.0 Å². The molecule has 0 aliphatic heterocycles. The Balaban J connectivity index is 2.48. The smallest absolute Gasteiger partial charge is 0.257 e. The number of hydrogen-bond donors (Lipinski definition) is 3. The number of rotatable bonds is 8. The van der Waals surface area contributed by atoms with E-state index in [1.165, 1.54) is 0 Å². The number of likely N-dealkylation sites (N-methyl/N-ethyl adjacent to an activating group) is 1. The van der Waals surface area contributed by atoms with Gasteiger partial charge in [-0.25, -0.2) is 0 Å². The molecule has 0 bridgehead atoms. The molecule has 108 valence electrons. The molecule has 6 heteroatoms. The maximum Gasteiger partial charge on any atom is 0.257 e. The number of hydrogen-bond acceptors (Lipinski definition) is 4. The van der Waals surface area contributed by atoms with Crippen LogP contribution in [0.2, 0.25) is 0 Å². The topological polar surface area (TPSA) is 79.5 Å². The van der Waals surface area contributed by atoms with E-state index < -0.39 is 0 Å². The van der Waals surface area contributed by atoms with E-state index in [4.69, 9.17) is 4.74 Å². The number of anilines is 1. The molecule has 1 aromatic rings. The molecule has 0 spiro atoms. The van der Waals surface area contributed by atoms with Crippen LogP contribution in [0.25, 0.3) is 0 Å². The molecular formula is C14H19N3O3. The van der Waals surface area contributed by atoms with E-state index in [0.717, 1.165) is 0 Å². The highest BCUT2D eigenvalue weighted by molar-refractivity contribution is 5.92. The molecule has 20 heavy (non-hydrogen) atoms. The summed E-state index contributed by atoms with van der Waals surface area (Å²) in [6.07, 6.45) is 1.68. The Kier molecular flexibility index (Phi) is 6.84. The van der Waals surface area contributed by atoms with Crippen LogP contribution in [0.5, 0.6) is 5.75 Å². The molecule has 0 atom stereocenters. The molecule has 1 rings (SSSR count). The Morgan fingerprint density at radius 3 is 2.85 bits per heavy atom. The summed E-state index contributed by atoms with van der Waals surface area (Å²) in [6.45, 7) is 4.27. The Morgan fingerprint density at radius 2 is 2.15 bits per heavy atom. The zero-order valence-electron chi connectivity index (χ0n) is 11.4. The van der Waals surface area contributed by atoms with E-state index in [2.05, 4.69) is 22.5 Å². The molecule has 0 unspecified atom stereocenters. The summed E-state index contributed by atoms with van der Waals surface area (Å²) >= 11 is 0. The molecule has 0 radical (unpaired) electrons. The van der Waals surface area contributed by atoms with Gasteiger partial charge < -0.3 is 20.7 Å². The molecule has 0 saturated heterocycles. The maximum atomic E-state index is 11.6. The average molecular weight is 277 g/mol. The molecule has 0 aliphatic carbocycles. The second kappa shape index (κ2) is 8.71. The van der Waals surface area contributed by atoms with Gasteiger partial charge in [0.15, 0.2) is 6.61 Å². The summed E-state index contributed by atoms with van der Waals surface area (Å²) in [5.41, 5.74) is 0.616. The summed E-state index contributed by atoms with van der Waals surface area (Å²) in [7, 11) is 1.54. The van der Waals surface area contributed by atoms with Crippen molar-refractivity contribution >= 4 is 17.5 Å². The predicted octanol–water partition coefficient (Wildman–Crippen LogP) is 0.525. The normalized spacial score (nSPS) is 9.65. The van der Waals surface area contributed by atoms with Crippen LogP contribution in [0, 0.1) is 0 Å². The standard InChI is InChI=1S/C14H19N3O3/c1-3-7-16-9-13(18)17-11-5-4-6-12(8-11)20-10-14(19)15-2/h3-6,8,16H,1,7,9-10H2,2H3,(H,15,19)(H,17,18). The summed E-state index contributed by atoms with van der Waals surface area (Å²) < 4.78 is 5.29. The quantitative estimate of drug-likeness (QED) is 0.478. The van der Waals surface area contributed by atoms with Crippen molar-refractivity contribution in [3.05, 3.63) is 36.9 Å². The SMILES string of the molecule is C=CCNCC(=O)Nc1cccc(OCC(=O)NC)c1. The first kappa shape index (κ1) is 15.7. The molecule has 0 aromatic heterocycles. The van der Waals surface area contributed by atoms with Crippen LogP contribution in [0.1, 0.15) is 0 Å². The fraction of sp³-hybridized carbons (Fsp3) is 0.286. The lowest BCUT2D eigenvalue weighted by Gasteiger charge is -2.09. The van der Waals surface area contributed by atoms with Crippen molar-refractivity contribution in [1.82, 2.24) is 10.6 Å². The average Bonchev–Trinajstić information content (AvgIpc) is 2.45. The molecule has 2 amide bonds. The highest BCUT2D eigenvalue weighted by Crippen LogP contribution is 2.17. The number of ether oxygens (including phenoxy) is 1. The van der Waals surface area contributed by atoms with Gasteiger partial charge in [0.05, 0.1) is 6.54 Å². The molecule has 3 N–H and O–H groups in total. The third kappa shape index (κ3) is 6.01. The highest BCUT2D eigenvalue weighted by Gasteiger charge is 2.04. The van der Waals surface area contributed by atoms with Crippen molar-refractivity contribution in [2.75, 3.05) is 32.1 Å². The Morgan fingerprint density at radius 1 is 1.35 bits per heavy atom. The molecule has 6 nitrogen and oxygen atoms in total. The van der Waals surface area contributed by atoms with Crippen LogP contribution < -0.4 is 20.7 Å². The van der Waals surface area contributed by atoms with Gasteiger partial charge in [-0.05, 0) is 12.1 Å². The first-order valence-corrected chi connectivity index (χ1v) is 6.20. The van der Waals surface area contributed by atoms with Gasteiger partial charge in [-0.15, -0.1) is 6.58 Å². The van der Waals surface area contributed by atoms with Crippen molar-refractivity contribution in [3.63, 3.8) is 0 Å². The van der Waals surface area contributed by atoms with Gasteiger partial charge in [-0.1, -0.05) is 12.1 Å². The van der Waals surface area contributed by atoms with Crippen LogP contribution >= 0.6 is 0 Å². The molecule has 0 aliphatic rings. The molecule has 0 fully saturated rings. The minimum absolute atomic E-state index is 0.0607. The van der Waals surface area contributed by atoms with E-state index >= 15 is 0 Å². The van der Waals surface area contributed by atoms with Gasteiger partial charge in [-0.2, -0.15) is 0 Å². The summed E-state index contributed by atoms with van der Waals surface area (Å²) in [6, 6.07) is 6.87. The first-order chi connectivity index (χ1) is 9.65. The van der Waals surface area contributed by atoms with E-state index in [9.17, 15) is 9.59 Å².